The Morgan fingerprint density at radius 1 is 1.10 bits per heavy atom. The van der Waals surface area contributed by atoms with Crippen molar-refractivity contribution in [1.29, 1.82) is 0 Å². The first kappa shape index (κ1) is 24.9. The summed E-state index contributed by atoms with van der Waals surface area (Å²) in [6.45, 7) is 4.84. The number of hydrogen-bond donors (Lipinski definition) is 0. The lowest BCUT2D eigenvalue weighted by Gasteiger charge is -2.26. The van der Waals surface area contributed by atoms with E-state index in [4.69, 9.17) is 19.2 Å². The number of hydrogen-bond acceptors (Lipinski definition) is 6. The number of benzene rings is 2. The van der Waals surface area contributed by atoms with E-state index in [2.05, 4.69) is 11.6 Å². The van der Waals surface area contributed by atoms with Crippen molar-refractivity contribution in [3.8, 4) is 34.4 Å². The highest BCUT2D eigenvalue weighted by atomic mass is 19.1. The molecule has 1 aliphatic carbocycles. The standard InChI is InChI=1S/C30H29FN4O4/c1-3-26(36)34-15-14-20(18-34)30-33-29(23-16-32-17-27(35(23)30)39-21-6-4-7-21)19-10-12-22(13-11-19)38-25-9-5-8-24(37-2)28(25)31/h3,5,8-13,16-17,20-21H,1,4,6-7,14-15,18H2,2H3. The molecular weight excluding hydrogens is 499 g/mol. The number of aromatic nitrogens is 3. The second-order valence-electron chi connectivity index (χ2n) is 9.83. The second kappa shape index (κ2) is 10.4. The third-order valence-corrected chi connectivity index (χ3v) is 7.42. The van der Waals surface area contributed by atoms with Crippen LogP contribution in [-0.2, 0) is 4.79 Å². The first-order valence-electron chi connectivity index (χ1n) is 13.1. The zero-order valence-electron chi connectivity index (χ0n) is 21.7. The van der Waals surface area contributed by atoms with Crippen LogP contribution >= 0.6 is 0 Å². The molecule has 1 aliphatic heterocycles. The Kier molecular flexibility index (Phi) is 6.64. The monoisotopic (exact) mass is 528 g/mol. The van der Waals surface area contributed by atoms with Crippen LogP contribution < -0.4 is 14.2 Å². The normalized spacial score (nSPS) is 17.2. The van der Waals surface area contributed by atoms with Crippen molar-refractivity contribution in [2.45, 2.75) is 37.7 Å². The largest absolute Gasteiger partial charge is 0.494 e. The molecule has 1 saturated heterocycles. The van der Waals surface area contributed by atoms with Crippen LogP contribution in [0.15, 0.2) is 67.5 Å². The smallest absolute Gasteiger partial charge is 0.245 e. The summed E-state index contributed by atoms with van der Waals surface area (Å²) in [5, 5.41) is 0. The van der Waals surface area contributed by atoms with Gasteiger partial charge in [0.2, 0.25) is 17.6 Å². The number of amides is 1. The maximum atomic E-state index is 14.6. The van der Waals surface area contributed by atoms with Crippen LogP contribution in [0.4, 0.5) is 4.39 Å². The summed E-state index contributed by atoms with van der Waals surface area (Å²) in [5.74, 6) is 1.60. The van der Waals surface area contributed by atoms with Gasteiger partial charge in [-0.15, -0.1) is 0 Å². The molecule has 2 aromatic carbocycles. The third kappa shape index (κ3) is 4.69. The molecule has 200 valence electrons. The van der Waals surface area contributed by atoms with E-state index < -0.39 is 5.82 Å². The number of methoxy groups -OCH3 is 1. The summed E-state index contributed by atoms with van der Waals surface area (Å²) in [5.41, 5.74) is 2.43. The number of carbonyl (C=O) groups excluding carboxylic acids is 1. The number of imidazole rings is 1. The number of likely N-dealkylation sites (tertiary alicyclic amines) is 1. The van der Waals surface area contributed by atoms with Crippen LogP contribution in [0.1, 0.15) is 37.4 Å². The predicted molar refractivity (Wildman–Crippen MR) is 144 cm³/mol. The summed E-state index contributed by atoms with van der Waals surface area (Å²) in [6.07, 6.45) is 9.05. The Balaban J connectivity index is 1.35. The van der Waals surface area contributed by atoms with Gasteiger partial charge in [-0.25, -0.2) is 4.98 Å². The van der Waals surface area contributed by atoms with Gasteiger partial charge in [0.05, 0.1) is 30.7 Å². The average molecular weight is 529 g/mol. The van der Waals surface area contributed by atoms with Crippen LogP contribution in [0.25, 0.3) is 16.8 Å². The van der Waals surface area contributed by atoms with E-state index >= 15 is 0 Å². The number of ether oxygens (including phenoxy) is 3. The fourth-order valence-corrected chi connectivity index (χ4v) is 5.10. The molecule has 2 aromatic heterocycles. The summed E-state index contributed by atoms with van der Waals surface area (Å²) < 4.78 is 33.8. The maximum Gasteiger partial charge on any atom is 0.245 e. The molecule has 2 aliphatic rings. The van der Waals surface area contributed by atoms with Gasteiger partial charge in [0.15, 0.2) is 11.5 Å². The molecule has 3 heterocycles. The van der Waals surface area contributed by atoms with Gasteiger partial charge < -0.3 is 19.1 Å². The van der Waals surface area contributed by atoms with E-state index in [0.717, 1.165) is 48.3 Å². The van der Waals surface area contributed by atoms with Gasteiger partial charge in [-0.1, -0.05) is 12.6 Å². The van der Waals surface area contributed by atoms with Crippen LogP contribution in [0.3, 0.4) is 0 Å². The van der Waals surface area contributed by atoms with Crippen molar-refractivity contribution in [2.75, 3.05) is 20.2 Å². The van der Waals surface area contributed by atoms with Crippen LogP contribution in [-0.4, -0.2) is 51.5 Å². The molecule has 39 heavy (non-hydrogen) atoms. The Labute approximate surface area is 225 Å². The fraction of sp³-hybridized carbons (Fsp3) is 0.300. The van der Waals surface area contributed by atoms with Gasteiger partial charge in [0, 0.05) is 24.6 Å². The van der Waals surface area contributed by atoms with Crippen molar-refractivity contribution in [3.63, 3.8) is 0 Å². The van der Waals surface area contributed by atoms with Crippen LogP contribution in [0.5, 0.6) is 23.1 Å². The third-order valence-electron chi connectivity index (χ3n) is 7.42. The molecule has 0 bridgehead atoms. The van der Waals surface area contributed by atoms with E-state index in [1.54, 1.807) is 47.6 Å². The quantitative estimate of drug-likeness (QED) is 0.270. The lowest BCUT2D eigenvalue weighted by atomic mass is 9.96. The van der Waals surface area contributed by atoms with E-state index in [1.807, 2.05) is 16.5 Å². The zero-order chi connectivity index (χ0) is 26.9. The summed E-state index contributed by atoms with van der Waals surface area (Å²) in [6, 6.07) is 12.1. The molecule has 9 heteroatoms. The molecule has 0 spiro atoms. The molecule has 1 atom stereocenters. The van der Waals surface area contributed by atoms with Gasteiger partial charge in [-0.2, -0.15) is 4.39 Å². The lowest BCUT2D eigenvalue weighted by molar-refractivity contribution is -0.125. The lowest BCUT2D eigenvalue weighted by Crippen LogP contribution is -2.27. The first-order chi connectivity index (χ1) is 19.1. The molecule has 2 fully saturated rings. The minimum absolute atomic E-state index is 0.0416. The molecule has 4 aromatic rings. The minimum Gasteiger partial charge on any atom is -0.494 e. The highest BCUT2D eigenvalue weighted by molar-refractivity contribution is 5.87. The Morgan fingerprint density at radius 2 is 1.90 bits per heavy atom. The number of carbonyl (C=O) groups is 1. The van der Waals surface area contributed by atoms with Gasteiger partial charge in [0.1, 0.15) is 17.7 Å². The molecule has 1 amide bonds. The topological polar surface area (TPSA) is 78.2 Å². The molecule has 8 nitrogen and oxygen atoms in total. The van der Waals surface area contributed by atoms with Crippen molar-refractivity contribution in [3.05, 3.63) is 79.2 Å². The first-order valence-corrected chi connectivity index (χ1v) is 13.1. The molecule has 0 N–H and O–H groups in total. The second-order valence-corrected chi connectivity index (χ2v) is 9.83. The minimum atomic E-state index is -0.556. The number of nitrogens with zero attached hydrogens (tertiary/aromatic N) is 4. The van der Waals surface area contributed by atoms with Gasteiger partial charge >= 0.3 is 0 Å². The van der Waals surface area contributed by atoms with Gasteiger partial charge in [0.25, 0.3) is 0 Å². The van der Waals surface area contributed by atoms with Crippen molar-refractivity contribution >= 4 is 11.4 Å². The van der Waals surface area contributed by atoms with Crippen LogP contribution in [0.2, 0.25) is 0 Å². The van der Waals surface area contributed by atoms with Crippen molar-refractivity contribution < 1.29 is 23.4 Å². The summed E-state index contributed by atoms with van der Waals surface area (Å²) >= 11 is 0. The van der Waals surface area contributed by atoms with E-state index in [1.165, 1.54) is 13.2 Å². The van der Waals surface area contributed by atoms with Crippen molar-refractivity contribution in [1.82, 2.24) is 19.3 Å². The van der Waals surface area contributed by atoms with E-state index in [-0.39, 0.29) is 29.4 Å². The number of fused-ring (bicyclic) bond motifs is 1. The SMILES string of the molecule is C=CC(=O)N1CCC(c2nc(-c3ccc(Oc4cccc(OC)c4F)cc3)c3cncc(OC4CCC4)n23)C1. The highest BCUT2D eigenvalue weighted by Crippen LogP contribution is 2.37. The number of rotatable bonds is 8. The Morgan fingerprint density at radius 3 is 2.62 bits per heavy atom. The van der Waals surface area contributed by atoms with E-state index in [0.29, 0.717) is 24.7 Å². The molecule has 6 rings (SSSR count). The highest BCUT2D eigenvalue weighted by Gasteiger charge is 2.32. The van der Waals surface area contributed by atoms with Crippen molar-refractivity contribution in [2.24, 2.45) is 0 Å². The maximum absolute atomic E-state index is 14.6. The summed E-state index contributed by atoms with van der Waals surface area (Å²) in [4.78, 5) is 23.6. The molecule has 0 radical (unpaired) electrons. The number of halogens is 1. The Hall–Kier alpha value is -4.40. The predicted octanol–water partition coefficient (Wildman–Crippen LogP) is 5.77. The molecule has 1 unspecified atom stereocenters. The molecular formula is C30H29FN4O4. The molecule has 1 saturated carbocycles. The zero-order valence-corrected chi connectivity index (χ0v) is 21.7. The fourth-order valence-electron chi connectivity index (χ4n) is 5.10. The average Bonchev–Trinajstić information content (AvgIpc) is 3.58. The van der Waals surface area contributed by atoms with Gasteiger partial charge in [-0.3, -0.25) is 14.2 Å². The summed E-state index contributed by atoms with van der Waals surface area (Å²) in [7, 11) is 1.42. The van der Waals surface area contributed by atoms with Gasteiger partial charge in [-0.05, 0) is 68.2 Å². The van der Waals surface area contributed by atoms with E-state index in [9.17, 15) is 9.18 Å². The Bertz CT molecular complexity index is 1530. The van der Waals surface area contributed by atoms with Crippen LogP contribution in [0, 0.1) is 5.82 Å².